The molecule has 2 heterocycles. The average Bonchev–Trinajstić information content (AvgIpc) is 3.30. The predicted octanol–water partition coefficient (Wildman–Crippen LogP) is 5.34. The molecule has 0 bridgehead atoms. The van der Waals surface area contributed by atoms with Crippen molar-refractivity contribution in [3.05, 3.63) is 70.2 Å². The van der Waals surface area contributed by atoms with Crippen LogP contribution in [0.4, 0.5) is 5.69 Å². The fraction of sp³-hybridized carbons (Fsp3) is 0.182. The number of nitrogens with zero attached hydrogens (tertiary/aromatic N) is 1. The number of hydrogen-bond acceptors (Lipinski definition) is 3. The highest BCUT2D eigenvalue weighted by molar-refractivity contribution is 7.10. The third-order valence-electron chi connectivity index (χ3n) is 4.66. The molecule has 136 valence electrons. The summed E-state index contributed by atoms with van der Waals surface area (Å²) in [4.78, 5) is 20.4. The third kappa shape index (κ3) is 3.64. The zero-order chi connectivity index (χ0) is 18.8. The van der Waals surface area contributed by atoms with Crippen LogP contribution in [0.5, 0.6) is 0 Å². The van der Waals surface area contributed by atoms with Crippen molar-refractivity contribution in [2.75, 3.05) is 5.32 Å². The Morgan fingerprint density at radius 1 is 1.19 bits per heavy atom. The Morgan fingerprint density at radius 3 is 2.78 bits per heavy atom. The molecule has 0 saturated heterocycles. The molecule has 4 rings (SSSR count). The number of aryl methyl sites for hydroxylation is 2. The molecule has 0 saturated carbocycles. The maximum Gasteiger partial charge on any atom is 0.231 e. The van der Waals surface area contributed by atoms with Crippen molar-refractivity contribution in [3.63, 3.8) is 0 Å². The summed E-state index contributed by atoms with van der Waals surface area (Å²) in [7, 11) is 0. The van der Waals surface area contributed by atoms with Gasteiger partial charge in [0.25, 0.3) is 0 Å². The van der Waals surface area contributed by atoms with E-state index in [1.807, 2.05) is 42.8 Å². The van der Waals surface area contributed by atoms with Crippen LogP contribution in [0.25, 0.3) is 22.2 Å². The fourth-order valence-corrected chi connectivity index (χ4v) is 4.01. The van der Waals surface area contributed by atoms with E-state index >= 15 is 0 Å². The molecule has 0 aliphatic rings. The highest BCUT2D eigenvalue weighted by atomic mass is 32.1. The Kier molecular flexibility index (Phi) is 4.77. The summed E-state index contributed by atoms with van der Waals surface area (Å²) < 4.78 is 0. The lowest BCUT2D eigenvalue weighted by Crippen LogP contribution is -2.14. The quantitative estimate of drug-likeness (QED) is 0.494. The first-order chi connectivity index (χ1) is 13.1. The molecule has 0 atom stereocenters. The number of fused-ring (bicyclic) bond motifs is 1. The molecule has 2 N–H and O–H groups in total. The lowest BCUT2D eigenvalue weighted by atomic mass is 10.1. The molecule has 0 aliphatic carbocycles. The zero-order valence-electron chi connectivity index (χ0n) is 15.4. The molecule has 4 aromatic rings. The van der Waals surface area contributed by atoms with Crippen LogP contribution in [0.3, 0.4) is 0 Å². The Bertz CT molecular complexity index is 1090. The molecule has 2 aromatic carbocycles. The molecule has 1 amide bonds. The van der Waals surface area contributed by atoms with E-state index < -0.39 is 0 Å². The van der Waals surface area contributed by atoms with E-state index in [0.717, 1.165) is 28.4 Å². The molecule has 0 fully saturated rings. The fourth-order valence-electron chi connectivity index (χ4n) is 3.22. The van der Waals surface area contributed by atoms with Gasteiger partial charge in [0.15, 0.2) is 0 Å². The minimum atomic E-state index is -0.0491. The smallest absolute Gasteiger partial charge is 0.231 e. The number of anilines is 1. The van der Waals surface area contributed by atoms with Crippen molar-refractivity contribution in [1.29, 1.82) is 0 Å². The van der Waals surface area contributed by atoms with Crippen molar-refractivity contribution >= 4 is 33.8 Å². The first-order valence-electron chi connectivity index (χ1n) is 9.04. The lowest BCUT2D eigenvalue weighted by molar-refractivity contribution is -0.115. The summed E-state index contributed by atoms with van der Waals surface area (Å²) in [5.41, 5.74) is 6.45. The number of carbonyl (C=O) groups is 1. The van der Waals surface area contributed by atoms with Gasteiger partial charge in [-0.25, -0.2) is 4.98 Å². The Hall–Kier alpha value is -2.92. The van der Waals surface area contributed by atoms with Gasteiger partial charge >= 0.3 is 0 Å². The van der Waals surface area contributed by atoms with Gasteiger partial charge in [0.2, 0.25) is 5.91 Å². The molecule has 2 aromatic heterocycles. The standard InChI is InChI=1S/C22H21N3OS/c1-3-15-5-4-6-17-18(12-23-22(15)17)19-13-27-21(25-19)11-20(26)24-16-9-7-14(2)8-10-16/h4-10,12-13,23H,3,11H2,1-2H3,(H,24,26). The highest BCUT2D eigenvalue weighted by Crippen LogP contribution is 2.31. The minimum absolute atomic E-state index is 0.0491. The number of aromatic nitrogens is 2. The van der Waals surface area contributed by atoms with Crippen molar-refractivity contribution < 1.29 is 4.79 Å². The summed E-state index contributed by atoms with van der Waals surface area (Å²) in [5, 5.41) is 6.94. The van der Waals surface area contributed by atoms with Gasteiger partial charge in [-0.05, 0) is 31.0 Å². The second-order valence-corrected chi connectivity index (χ2v) is 7.56. The van der Waals surface area contributed by atoms with E-state index in [4.69, 9.17) is 4.98 Å². The average molecular weight is 375 g/mol. The lowest BCUT2D eigenvalue weighted by Gasteiger charge is -2.04. The molecule has 27 heavy (non-hydrogen) atoms. The highest BCUT2D eigenvalue weighted by Gasteiger charge is 2.13. The summed E-state index contributed by atoms with van der Waals surface area (Å²) in [6.07, 6.45) is 3.27. The van der Waals surface area contributed by atoms with E-state index in [0.29, 0.717) is 0 Å². The van der Waals surface area contributed by atoms with Gasteiger partial charge in [-0.15, -0.1) is 11.3 Å². The second kappa shape index (κ2) is 7.37. The molecular formula is C22H21N3OS. The third-order valence-corrected chi connectivity index (χ3v) is 5.51. The predicted molar refractivity (Wildman–Crippen MR) is 112 cm³/mol. The number of rotatable bonds is 5. The number of benzene rings is 2. The number of amides is 1. The summed E-state index contributed by atoms with van der Waals surface area (Å²) >= 11 is 1.52. The molecule has 0 unspecified atom stereocenters. The van der Waals surface area contributed by atoms with Crippen molar-refractivity contribution in [2.45, 2.75) is 26.7 Å². The van der Waals surface area contributed by atoms with Crippen LogP contribution < -0.4 is 5.32 Å². The van der Waals surface area contributed by atoms with Crippen molar-refractivity contribution in [3.8, 4) is 11.3 Å². The Balaban J connectivity index is 1.52. The van der Waals surface area contributed by atoms with Gasteiger partial charge in [0.1, 0.15) is 5.01 Å². The summed E-state index contributed by atoms with van der Waals surface area (Å²) in [5.74, 6) is -0.0491. The topological polar surface area (TPSA) is 57.8 Å². The first-order valence-corrected chi connectivity index (χ1v) is 9.92. The maximum absolute atomic E-state index is 12.3. The van der Waals surface area contributed by atoms with Crippen molar-refractivity contribution in [2.24, 2.45) is 0 Å². The van der Waals surface area contributed by atoms with Crippen LogP contribution >= 0.6 is 11.3 Å². The molecule has 0 spiro atoms. The minimum Gasteiger partial charge on any atom is -0.360 e. The van der Waals surface area contributed by atoms with Gasteiger partial charge in [0.05, 0.1) is 12.1 Å². The second-order valence-electron chi connectivity index (χ2n) is 6.61. The summed E-state index contributed by atoms with van der Waals surface area (Å²) in [6, 6.07) is 14.1. The van der Waals surface area contributed by atoms with E-state index in [1.165, 1.54) is 33.4 Å². The van der Waals surface area contributed by atoms with Crippen LogP contribution in [0.2, 0.25) is 0 Å². The first kappa shape index (κ1) is 17.5. The number of aromatic amines is 1. The van der Waals surface area contributed by atoms with Crippen LogP contribution in [-0.2, 0) is 17.6 Å². The van der Waals surface area contributed by atoms with Crippen molar-refractivity contribution in [1.82, 2.24) is 9.97 Å². The van der Waals surface area contributed by atoms with Crippen LogP contribution in [0.1, 0.15) is 23.1 Å². The number of carbonyl (C=O) groups excluding carboxylic acids is 1. The number of H-pyrrole nitrogens is 1. The number of nitrogens with one attached hydrogen (secondary N) is 2. The molecular weight excluding hydrogens is 354 g/mol. The summed E-state index contributed by atoms with van der Waals surface area (Å²) in [6.45, 7) is 4.18. The largest absolute Gasteiger partial charge is 0.360 e. The van der Waals surface area contributed by atoms with Gasteiger partial charge in [-0.1, -0.05) is 42.8 Å². The molecule has 0 aliphatic heterocycles. The van der Waals surface area contributed by atoms with Gasteiger partial charge < -0.3 is 10.3 Å². The van der Waals surface area contributed by atoms with E-state index in [2.05, 4.69) is 35.4 Å². The van der Waals surface area contributed by atoms with E-state index in [9.17, 15) is 4.79 Å². The number of thiazole rings is 1. The van der Waals surface area contributed by atoms with E-state index in [1.54, 1.807) is 0 Å². The van der Waals surface area contributed by atoms with Crippen LogP contribution in [0, 0.1) is 6.92 Å². The van der Waals surface area contributed by atoms with Gasteiger partial charge in [-0.3, -0.25) is 4.79 Å². The van der Waals surface area contributed by atoms with Crippen LogP contribution in [0.15, 0.2) is 54.0 Å². The molecule has 4 nitrogen and oxygen atoms in total. The van der Waals surface area contributed by atoms with Crippen LogP contribution in [-0.4, -0.2) is 15.9 Å². The molecule has 5 heteroatoms. The monoisotopic (exact) mass is 375 g/mol. The maximum atomic E-state index is 12.3. The number of para-hydroxylation sites is 1. The Labute approximate surface area is 162 Å². The zero-order valence-corrected chi connectivity index (χ0v) is 16.2. The molecule has 0 radical (unpaired) electrons. The Morgan fingerprint density at radius 2 is 2.00 bits per heavy atom. The number of hydrogen-bond donors (Lipinski definition) is 2. The SMILES string of the molecule is CCc1cccc2c(-c3csc(CC(=O)Nc4ccc(C)cc4)n3)c[nH]c12. The van der Waals surface area contributed by atoms with E-state index in [-0.39, 0.29) is 12.3 Å². The van der Waals surface area contributed by atoms with Gasteiger partial charge in [-0.2, -0.15) is 0 Å². The normalized spacial score (nSPS) is 11.0. The van der Waals surface area contributed by atoms with Gasteiger partial charge in [0, 0.05) is 33.7 Å².